The first-order valence-corrected chi connectivity index (χ1v) is 7.39. The second-order valence-electron chi connectivity index (χ2n) is 5.72. The quantitative estimate of drug-likeness (QED) is 0.760. The lowest BCUT2D eigenvalue weighted by atomic mass is 10.1. The number of aromatic nitrogens is 4. The van der Waals surface area contributed by atoms with Gasteiger partial charge in [-0.1, -0.05) is 12.1 Å². The lowest BCUT2D eigenvalue weighted by molar-refractivity contribution is 0.469. The Balaban J connectivity index is 1.79. The molecule has 2 N–H and O–H groups in total. The van der Waals surface area contributed by atoms with E-state index in [4.69, 9.17) is 0 Å². The van der Waals surface area contributed by atoms with Crippen molar-refractivity contribution in [2.75, 3.05) is 5.32 Å². The average Bonchev–Trinajstić information content (AvgIpc) is 3.11. The molecule has 0 aliphatic heterocycles. The molecule has 1 aliphatic rings. The molecule has 1 unspecified atom stereocenters. The summed E-state index contributed by atoms with van der Waals surface area (Å²) < 4.78 is 1.74. The van der Waals surface area contributed by atoms with Crippen molar-refractivity contribution in [3.8, 4) is 5.75 Å². The molecule has 0 fully saturated rings. The third-order valence-corrected chi connectivity index (χ3v) is 4.46. The van der Waals surface area contributed by atoms with Crippen molar-refractivity contribution in [1.82, 2.24) is 19.6 Å². The van der Waals surface area contributed by atoms with Crippen LogP contribution in [0.2, 0.25) is 0 Å². The van der Waals surface area contributed by atoms with Crippen LogP contribution in [0.5, 0.6) is 5.75 Å². The van der Waals surface area contributed by atoms with Crippen LogP contribution in [0.3, 0.4) is 0 Å². The molecule has 0 amide bonds. The summed E-state index contributed by atoms with van der Waals surface area (Å²) in [4.78, 5) is 8.61. The fourth-order valence-electron chi connectivity index (χ4n) is 3.15. The van der Waals surface area contributed by atoms with E-state index in [2.05, 4.69) is 26.4 Å². The lowest BCUT2D eigenvalue weighted by Gasteiger charge is -2.18. The van der Waals surface area contributed by atoms with Gasteiger partial charge in [-0.25, -0.2) is 4.98 Å². The molecule has 6 nitrogen and oxygen atoms in total. The predicted molar refractivity (Wildman–Crippen MR) is 83.0 cm³/mol. The highest BCUT2D eigenvalue weighted by molar-refractivity contribution is 5.55. The number of aryl methyl sites for hydroxylation is 1. The van der Waals surface area contributed by atoms with E-state index in [1.165, 1.54) is 6.33 Å². The number of phenolic OH excluding ortho intramolecular Hbond substituents is 1. The molecule has 2 aromatic heterocycles. The van der Waals surface area contributed by atoms with Crippen molar-refractivity contribution < 1.29 is 5.11 Å². The highest BCUT2D eigenvalue weighted by Gasteiger charge is 2.26. The molecule has 0 saturated heterocycles. The Labute approximate surface area is 127 Å². The van der Waals surface area contributed by atoms with Crippen LogP contribution in [-0.2, 0) is 6.42 Å². The Kier molecular flexibility index (Phi) is 2.79. The molecule has 4 rings (SSSR count). The van der Waals surface area contributed by atoms with E-state index in [0.717, 1.165) is 41.0 Å². The van der Waals surface area contributed by atoms with Gasteiger partial charge in [0.25, 0.3) is 5.78 Å². The first-order chi connectivity index (χ1) is 10.6. The van der Waals surface area contributed by atoms with Crippen molar-refractivity contribution in [3.63, 3.8) is 0 Å². The van der Waals surface area contributed by atoms with E-state index in [1.807, 2.05) is 19.9 Å². The minimum Gasteiger partial charge on any atom is -0.508 e. The van der Waals surface area contributed by atoms with Crippen molar-refractivity contribution in [2.24, 2.45) is 0 Å². The van der Waals surface area contributed by atoms with Crippen molar-refractivity contribution in [3.05, 3.63) is 46.9 Å². The van der Waals surface area contributed by atoms with Gasteiger partial charge in [-0.3, -0.25) is 0 Å². The highest BCUT2D eigenvalue weighted by atomic mass is 16.3. The number of nitrogens with zero attached hydrogens (tertiary/aromatic N) is 4. The number of fused-ring (bicyclic) bond motifs is 2. The third kappa shape index (κ3) is 1.83. The summed E-state index contributed by atoms with van der Waals surface area (Å²) in [5.74, 6) is 1.90. The molecule has 1 aliphatic carbocycles. The van der Waals surface area contributed by atoms with Gasteiger partial charge in [-0.2, -0.15) is 14.6 Å². The summed E-state index contributed by atoms with van der Waals surface area (Å²) in [5.41, 5.74) is 4.20. The van der Waals surface area contributed by atoms with Gasteiger partial charge in [-0.15, -0.1) is 0 Å². The largest absolute Gasteiger partial charge is 0.508 e. The van der Waals surface area contributed by atoms with Crippen LogP contribution in [0.4, 0.5) is 5.82 Å². The minimum atomic E-state index is 0.162. The first kappa shape index (κ1) is 13.1. The van der Waals surface area contributed by atoms with Gasteiger partial charge >= 0.3 is 0 Å². The van der Waals surface area contributed by atoms with E-state index in [1.54, 1.807) is 10.6 Å². The second-order valence-corrected chi connectivity index (χ2v) is 5.72. The molecule has 112 valence electrons. The maximum atomic E-state index is 9.99. The summed E-state index contributed by atoms with van der Waals surface area (Å²) in [7, 11) is 0. The van der Waals surface area contributed by atoms with E-state index in [9.17, 15) is 5.11 Å². The topological polar surface area (TPSA) is 75.3 Å². The van der Waals surface area contributed by atoms with E-state index in [0.29, 0.717) is 11.5 Å². The van der Waals surface area contributed by atoms with Crippen molar-refractivity contribution in [2.45, 2.75) is 32.7 Å². The van der Waals surface area contributed by atoms with Gasteiger partial charge in [0.05, 0.1) is 6.04 Å². The molecule has 1 atom stereocenters. The zero-order chi connectivity index (χ0) is 15.3. The first-order valence-electron chi connectivity index (χ1n) is 7.39. The molecule has 0 saturated carbocycles. The molecule has 6 heteroatoms. The van der Waals surface area contributed by atoms with E-state index >= 15 is 0 Å². The predicted octanol–water partition coefficient (Wildman–Crippen LogP) is 2.55. The average molecular weight is 295 g/mol. The number of hydrogen-bond acceptors (Lipinski definition) is 5. The van der Waals surface area contributed by atoms with Crippen LogP contribution in [0.25, 0.3) is 5.78 Å². The number of phenols is 1. The van der Waals surface area contributed by atoms with Crippen LogP contribution in [0.1, 0.15) is 34.8 Å². The van der Waals surface area contributed by atoms with Gasteiger partial charge in [0.2, 0.25) is 0 Å². The Morgan fingerprint density at radius 3 is 3.05 bits per heavy atom. The van der Waals surface area contributed by atoms with Crippen molar-refractivity contribution >= 4 is 11.6 Å². The minimum absolute atomic E-state index is 0.162. The summed E-state index contributed by atoms with van der Waals surface area (Å²) in [5, 5.41) is 17.8. The zero-order valence-electron chi connectivity index (χ0n) is 12.5. The Morgan fingerprint density at radius 1 is 1.32 bits per heavy atom. The molecule has 0 radical (unpaired) electrons. The second kappa shape index (κ2) is 4.69. The van der Waals surface area contributed by atoms with Gasteiger partial charge in [-0.05, 0) is 43.9 Å². The molecule has 1 aromatic carbocycles. The maximum absolute atomic E-state index is 9.99. The standard InChI is InChI=1S/C16H17N5O/c1-9-10(2)19-16-17-8-18-21(16)15(9)20-13-7-6-12-11(13)4-3-5-14(12)22/h3-5,8,13,20,22H,6-7H2,1-2H3. The summed E-state index contributed by atoms with van der Waals surface area (Å²) in [6, 6.07) is 5.87. The molecule has 3 aromatic rings. The zero-order valence-corrected chi connectivity index (χ0v) is 12.5. The molecule has 0 bridgehead atoms. The van der Waals surface area contributed by atoms with Crippen LogP contribution in [0.15, 0.2) is 24.5 Å². The van der Waals surface area contributed by atoms with Crippen LogP contribution in [0, 0.1) is 13.8 Å². The molecule has 2 heterocycles. The van der Waals surface area contributed by atoms with Crippen LogP contribution >= 0.6 is 0 Å². The summed E-state index contributed by atoms with van der Waals surface area (Å²) in [6.45, 7) is 4.01. The highest BCUT2D eigenvalue weighted by Crippen LogP contribution is 2.38. The van der Waals surface area contributed by atoms with Gasteiger partial charge in [0, 0.05) is 11.3 Å². The Bertz CT molecular complexity index is 870. The number of anilines is 1. The van der Waals surface area contributed by atoms with Crippen LogP contribution < -0.4 is 5.32 Å². The normalized spacial score (nSPS) is 16.9. The van der Waals surface area contributed by atoms with Crippen molar-refractivity contribution in [1.29, 1.82) is 0 Å². The maximum Gasteiger partial charge on any atom is 0.254 e. The van der Waals surface area contributed by atoms with Gasteiger partial charge in [0.15, 0.2) is 0 Å². The Morgan fingerprint density at radius 2 is 2.18 bits per heavy atom. The number of benzene rings is 1. The monoisotopic (exact) mass is 295 g/mol. The van der Waals surface area contributed by atoms with Gasteiger partial charge < -0.3 is 10.4 Å². The SMILES string of the molecule is Cc1nc2ncnn2c(NC2CCc3c(O)cccc32)c1C. The van der Waals surface area contributed by atoms with Gasteiger partial charge in [0.1, 0.15) is 17.9 Å². The smallest absolute Gasteiger partial charge is 0.254 e. The fourth-order valence-corrected chi connectivity index (χ4v) is 3.15. The third-order valence-electron chi connectivity index (χ3n) is 4.46. The molecular weight excluding hydrogens is 278 g/mol. The number of nitrogens with one attached hydrogen (secondary N) is 1. The molecular formula is C16H17N5O. The number of aromatic hydroxyl groups is 1. The van der Waals surface area contributed by atoms with E-state index in [-0.39, 0.29) is 6.04 Å². The summed E-state index contributed by atoms with van der Waals surface area (Å²) in [6.07, 6.45) is 3.34. The Hall–Kier alpha value is -2.63. The fraction of sp³-hybridized carbons (Fsp3) is 0.312. The molecule has 0 spiro atoms. The summed E-state index contributed by atoms with van der Waals surface area (Å²) >= 11 is 0. The lowest BCUT2D eigenvalue weighted by Crippen LogP contribution is -2.14. The van der Waals surface area contributed by atoms with E-state index < -0.39 is 0 Å². The molecule has 22 heavy (non-hydrogen) atoms. The number of rotatable bonds is 2. The number of hydrogen-bond donors (Lipinski definition) is 2. The van der Waals surface area contributed by atoms with Crippen LogP contribution in [-0.4, -0.2) is 24.7 Å².